The van der Waals surface area contributed by atoms with E-state index >= 15 is 0 Å². The van der Waals surface area contributed by atoms with Crippen molar-refractivity contribution in [2.45, 2.75) is 12.8 Å². The van der Waals surface area contributed by atoms with Gasteiger partial charge in [0.05, 0.1) is 44.6 Å². The molecule has 0 atom stereocenters. The van der Waals surface area contributed by atoms with Crippen LogP contribution in [-0.2, 0) is 11.2 Å². The molecule has 0 spiro atoms. The van der Waals surface area contributed by atoms with Crippen molar-refractivity contribution in [1.82, 2.24) is 4.98 Å². The number of amides is 1. The molecule has 3 aromatic rings. The number of methoxy groups -OCH3 is 2. The normalized spacial score (nSPS) is 12.7. The van der Waals surface area contributed by atoms with Gasteiger partial charge in [-0.1, -0.05) is 11.6 Å². The minimum absolute atomic E-state index is 0.133. The van der Waals surface area contributed by atoms with E-state index < -0.39 is 0 Å². The standard InChI is InChI=1S/C22H21ClN2O5S/c1-27-14-4-5-18(28-2)15(11-14)17-12-31-22(24-17)25-20(26)10-13-8-16(23)21-19(9-13)29-6-3-7-30-21/h4-5,8-9,11-12H,3,6-7,10H2,1-2H3,(H,24,25,26). The van der Waals surface area contributed by atoms with Gasteiger partial charge in [-0.15, -0.1) is 11.3 Å². The molecular formula is C22H21ClN2O5S. The van der Waals surface area contributed by atoms with E-state index in [4.69, 9.17) is 30.5 Å². The Balaban J connectivity index is 1.48. The van der Waals surface area contributed by atoms with Gasteiger partial charge >= 0.3 is 0 Å². The molecule has 7 nitrogen and oxygen atoms in total. The first-order valence-corrected chi connectivity index (χ1v) is 10.9. The summed E-state index contributed by atoms with van der Waals surface area (Å²) in [5.74, 6) is 2.25. The average Bonchev–Trinajstić information content (AvgIpc) is 3.08. The molecule has 0 unspecified atom stereocenters. The lowest BCUT2D eigenvalue weighted by Gasteiger charge is -2.11. The zero-order valence-corrected chi connectivity index (χ0v) is 18.6. The predicted molar refractivity (Wildman–Crippen MR) is 120 cm³/mol. The number of rotatable bonds is 6. The van der Waals surface area contributed by atoms with E-state index in [-0.39, 0.29) is 12.3 Å². The fourth-order valence-electron chi connectivity index (χ4n) is 3.20. The second-order valence-electron chi connectivity index (χ2n) is 6.78. The van der Waals surface area contributed by atoms with Crippen molar-refractivity contribution in [2.24, 2.45) is 0 Å². The summed E-state index contributed by atoms with van der Waals surface area (Å²) in [5.41, 5.74) is 2.21. The van der Waals surface area contributed by atoms with Crippen molar-refractivity contribution in [3.8, 4) is 34.3 Å². The van der Waals surface area contributed by atoms with Crippen LogP contribution in [0.25, 0.3) is 11.3 Å². The zero-order valence-electron chi connectivity index (χ0n) is 17.1. The molecule has 4 rings (SSSR count). The van der Waals surface area contributed by atoms with Gasteiger partial charge in [0.15, 0.2) is 16.6 Å². The van der Waals surface area contributed by atoms with Crippen molar-refractivity contribution in [3.63, 3.8) is 0 Å². The minimum atomic E-state index is -0.205. The van der Waals surface area contributed by atoms with E-state index in [0.717, 1.165) is 17.5 Å². The molecule has 1 aliphatic rings. The highest BCUT2D eigenvalue weighted by Gasteiger charge is 2.18. The summed E-state index contributed by atoms with van der Waals surface area (Å²) in [6.45, 7) is 1.10. The number of ether oxygens (including phenoxy) is 4. The van der Waals surface area contributed by atoms with Gasteiger partial charge in [-0.3, -0.25) is 4.79 Å². The van der Waals surface area contributed by atoms with Gasteiger partial charge in [-0.25, -0.2) is 4.98 Å². The van der Waals surface area contributed by atoms with Crippen molar-refractivity contribution >= 4 is 34.0 Å². The van der Waals surface area contributed by atoms with Crippen LogP contribution in [0.1, 0.15) is 12.0 Å². The summed E-state index contributed by atoms with van der Waals surface area (Å²) >= 11 is 7.65. The highest BCUT2D eigenvalue weighted by atomic mass is 35.5. The summed E-state index contributed by atoms with van der Waals surface area (Å²) in [6.07, 6.45) is 0.916. The molecule has 2 heterocycles. The second-order valence-corrected chi connectivity index (χ2v) is 8.05. The third-order valence-electron chi connectivity index (χ3n) is 4.66. The lowest BCUT2D eigenvalue weighted by molar-refractivity contribution is -0.115. The largest absolute Gasteiger partial charge is 0.497 e. The number of benzene rings is 2. The van der Waals surface area contributed by atoms with Crippen LogP contribution in [0.2, 0.25) is 5.02 Å². The predicted octanol–water partition coefficient (Wildman–Crippen LogP) is 4.82. The molecule has 0 fully saturated rings. The van der Waals surface area contributed by atoms with Crippen molar-refractivity contribution in [1.29, 1.82) is 0 Å². The average molecular weight is 461 g/mol. The second kappa shape index (κ2) is 9.45. The Morgan fingerprint density at radius 3 is 2.84 bits per heavy atom. The first kappa shape index (κ1) is 21.3. The Labute approximate surface area is 188 Å². The third-order valence-corrected chi connectivity index (χ3v) is 5.70. The van der Waals surface area contributed by atoms with Crippen LogP contribution in [0.4, 0.5) is 5.13 Å². The number of aromatic nitrogens is 1. The monoisotopic (exact) mass is 460 g/mol. The molecule has 0 aliphatic carbocycles. The molecule has 1 amide bonds. The molecule has 1 aromatic heterocycles. The molecule has 31 heavy (non-hydrogen) atoms. The van der Waals surface area contributed by atoms with E-state index in [1.54, 1.807) is 26.4 Å². The molecule has 2 aromatic carbocycles. The summed E-state index contributed by atoms with van der Waals surface area (Å²) in [5, 5.41) is 5.62. The molecular weight excluding hydrogens is 440 g/mol. The number of halogens is 1. The quantitative estimate of drug-likeness (QED) is 0.568. The van der Waals surface area contributed by atoms with Crippen LogP contribution in [0.3, 0.4) is 0 Å². The van der Waals surface area contributed by atoms with Gasteiger partial charge < -0.3 is 24.3 Å². The van der Waals surface area contributed by atoms with Crippen molar-refractivity contribution < 1.29 is 23.7 Å². The molecule has 162 valence electrons. The number of hydrogen-bond acceptors (Lipinski definition) is 7. The number of hydrogen-bond donors (Lipinski definition) is 1. The maximum Gasteiger partial charge on any atom is 0.230 e. The topological polar surface area (TPSA) is 78.9 Å². The summed E-state index contributed by atoms with van der Waals surface area (Å²) in [4.78, 5) is 17.1. The van der Waals surface area contributed by atoms with Gasteiger partial charge in [0.2, 0.25) is 5.91 Å². The number of thiazole rings is 1. The highest BCUT2D eigenvalue weighted by Crippen LogP contribution is 2.38. The minimum Gasteiger partial charge on any atom is -0.497 e. The van der Waals surface area contributed by atoms with Crippen LogP contribution >= 0.6 is 22.9 Å². The number of anilines is 1. The zero-order chi connectivity index (χ0) is 21.8. The molecule has 0 bridgehead atoms. The van der Waals surface area contributed by atoms with Gasteiger partial charge in [-0.05, 0) is 35.9 Å². The Bertz CT molecular complexity index is 1100. The first-order valence-electron chi connectivity index (χ1n) is 9.63. The van der Waals surface area contributed by atoms with Gasteiger partial charge in [0.25, 0.3) is 0 Å². The Hall–Kier alpha value is -2.97. The lowest BCUT2D eigenvalue weighted by atomic mass is 10.1. The van der Waals surface area contributed by atoms with Crippen LogP contribution in [0, 0.1) is 0 Å². The molecule has 1 aliphatic heterocycles. The van der Waals surface area contributed by atoms with Crippen LogP contribution < -0.4 is 24.3 Å². The lowest BCUT2D eigenvalue weighted by Crippen LogP contribution is -2.14. The van der Waals surface area contributed by atoms with E-state index in [2.05, 4.69) is 10.3 Å². The summed E-state index contributed by atoms with van der Waals surface area (Å²) < 4.78 is 22.0. The Morgan fingerprint density at radius 2 is 2.03 bits per heavy atom. The number of fused-ring (bicyclic) bond motifs is 1. The maximum absolute atomic E-state index is 12.6. The van der Waals surface area contributed by atoms with Gasteiger partial charge in [0, 0.05) is 17.4 Å². The maximum atomic E-state index is 12.6. The summed E-state index contributed by atoms with van der Waals surface area (Å²) in [6, 6.07) is 9.00. The fraction of sp³-hybridized carbons (Fsp3) is 0.273. The van der Waals surface area contributed by atoms with Gasteiger partial charge in [-0.2, -0.15) is 0 Å². The smallest absolute Gasteiger partial charge is 0.230 e. The SMILES string of the molecule is COc1ccc(OC)c(-c2csc(NC(=O)Cc3cc(Cl)c4c(c3)OCCCO4)n2)c1. The van der Waals surface area contributed by atoms with E-state index in [1.165, 1.54) is 11.3 Å². The fourth-order valence-corrected chi connectivity index (χ4v) is 4.22. The number of nitrogens with one attached hydrogen (secondary N) is 1. The molecule has 9 heteroatoms. The van der Waals surface area contributed by atoms with E-state index in [0.29, 0.717) is 52.1 Å². The number of nitrogens with zero attached hydrogens (tertiary/aromatic N) is 1. The van der Waals surface area contributed by atoms with Crippen LogP contribution in [0.5, 0.6) is 23.0 Å². The molecule has 0 saturated carbocycles. The summed E-state index contributed by atoms with van der Waals surface area (Å²) in [7, 11) is 3.20. The Morgan fingerprint density at radius 1 is 1.19 bits per heavy atom. The number of carbonyl (C=O) groups excluding carboxylic acids is 1. The molecule has 0 saturated heterocycles. The van der Waals surface area contributed by atoms with Crippen molar-refractivity contribution in [3.05, 3.63) is 46.3 Å². The molecule has 0 radical (unpaired) electrons. The highest BCUT2D eigenvalue weighted by molar-refractivity contribution is 7.14. The van der Waals surface area contributed by atoms with Gasteiger partial charge in [0.1, 0.15) is 11.5 Å². The number of carbonyl (C=O) groups is 1. The van der Waals surface area contributed by atoms with Crippen molar-refractivity contribution in [2.75, 3.05) is 32.8 Å². The van der Waals surface area contributed by atoms with Crippen LogP contribution in [0.15, 0.2) is 35.7 Å². The van der Waals surface area contributed by atoms with E-state index in [1.807, 2.05) is 23.6 Å². The Kier molecular flexibility index (Phi) is 6.48. The first-order chi connectivity index (χ1) is 15.1. The van der Waals surface area contributed by atoms with E-state index in [9.17, 15) is 4.79 Å². The molecule has 1 N–H and O–H groups in total. The van der Waals surface area contributed by atoms with Crippen LogP contribution in [-0.4, -0.2) is 38.3 Å². The third kappa shape index (κ3) is 4.86.